The Morgan fingerprint density at radius 3 is 2.29 bits per heavy atom. The summed E-state index contributed by atoms with van der Waals surface area (Å²) >= 11 is 0. The molecule has 2 aliphatic carbocycles. The van der Waals surface area contributed by atoms with Gasteiger partial charge in [-0.15, -0.1) is 0 Å². The first kappa shape index (κ1) is 21.1. The van der Waals surface area contributed by atoms with Gasteiger partial charge in [-0.25, -0.2) is 0 Å². The maximum Gasteiger partial charge on any atom is 0.0682 e. The maximum atomic E-state index is 2.37. The highest BCUT2D eigenvalue weighted by Crippen LogP contribution is 2.58. The molecular weight excluding hydrogens is 372 g/mol. The molecule has 1 unspecified atom stereocenters. The van der Waals surface area contributed by atoms with Crippen LogP contribution in [0.4, 0.5) is 0 Å². The Balaban J connectivity index is 0.00000112. The van der Waals surface area contributed by atoms with Crippen molar-refractivity contribution in [3.63, 3.8) is 0 Å². The Kier molecular flexibility index (Phi) is 6.09. The summed E-state index contributed by atoms with van der Waals surface area (Å²) in [4.78, 5) is 0. The first-order chi connectivity index (χ1) is 15.3. The van der Waals surface area contributed by atoms with E-state index in [1.54, 1.807) is 5.57 Å². The standard InChI is InChI=1S/C29H26.C2H6/c1-3-12-22-14-7-9-18-25(22)29(23-15-5-4-6-16-23)26-19-10-8-17-24(26)28-21(2)13-11-20-27(28)29;1-2/h3-9,11-18,20H,10,19H2,1-2H3;1-2H3/b12-3-;. The van der Waals surface area contributed by atoms with Gasteiger partial charge in [0.15, 0.2) is 0 Å². The topological polar surface area (TPSA) is 0 Å². The van der Waals surface area contributed by atoms with Crippen molar-refractivity contribution in [3.05, 3.63) is 130 Å². The zero-order valence-electron chi connectivity index (χ0n) is 19.2. The van der Waals surface area contributed by atoms with E-state index in [1.165, 1.54) is 39.0 Å². The number of hydrogen-bond acceptors (Lipinski definition) is 0. The highest BCUT2D eigenvalue weighted by Gasteiger charge is 2.48. The number of fused-ring (bicyclic) bond motifs is 2. The van der Waals surface area contributed by atoms with Gasteiger partial charge < -0.3 is 0 Å². The third-order valence-corrected chi connectivity index (χ3v) is 6.49. The predicted molar refractivity (Wildman–Crippen MR) is 135 cm³/mol. The van der Waals surface area contributed by atoms with Crippen molar-refractivity contribution in [1.29, 1.82) is 0 Å². The van der Waals surface area contributed by atoms with E-state index in [0.717, 1.165) is 12.8 Å². The molecule has 0 N–H and O–H groups in total. The first-order valence-corrected chi connectivity index (χ1v) is 11.6. The van der Waals surface area contributed by atoms with Gasteiger partial charge in [-0.2, -0.15) is 0 Å². The van der Waals surface area contributed by atoms with Gasteiger partial charge in [0.25, 0.3) is 0 Å². The second-order valence-electron chi connectivity index (χ2n) is 8.03. The number of hydrogen-bond donors (Lipinski definition) is 0. The average molecular weight is 405 g/mol. The molecule has 0 nitrogen and oxygen atoms in total. The third-order valence-electron chi connectivity index (χ3n) is 6.49. The van der Waals surface area contributed by atoms with Crippen molar-refractivity contribution < 1.29 is 0 Å². The fourth-order valence-corrected chi connectivity index (χ4v) is 5.43. The summed E-state index contributed by atoms with van der Waals surface area (Å²) in [5, 5.41) is 0. The zero-order valence-corrected chi connectivity index (χ0v) is 19.2. The summed E-state index contributed by atoms with van der Waals surface area (Å²) in [6, 6.07) is 26.9. The van der Waals surface area contributed by atoms with Gasteiger partial charge in [0.1, 0.15) is 0 Å². The molecule has 0 radical (unpaired) electrons. The van der Waals surface area contributed by atoms with E-state index >= 15 is 0 Å². The minimum Gasteiger partial charge on any atom is -0.0871 e. The molecule has 0 heterocycles. The fraction of sp³-hybridized carbons (Fsp3) is 0.226. The van der Waals surface area contributed by atoms with Crippen molar-refractivity contribution in [2.75, 3.05) is 0 Å². The van der Waals surface area contributed by atoms with Gasteiger partial charge in [-0.05, 0) is 71.2 Å². The van der Waals surface area contributed by atoms with Crippen LogP contribution in [0.1, 0.15) is 67.0 Å². The van der Waals surface area contributed by atoms with Gasteiger partial charge in [-0.3, -0.25) is 0 Å². The molecule has 3 aromatic carbocycles. The van der Waals surface area contributed by atoms with Crippen molar-refractivity contribution in [2.45, 2.75) is 46.0 Å². The largest absolute Gasteiger partial charge is 0.0871 e. The molecular formula is C31H32. The van der Waals surface area contributed by atoms with Gasteiger partial charge in [0, 0.05) is 0 Å². The second-order valence-corrected chi connectivity index (χ2v) is 8.03. The zero-order chi connectivity index (χ0) is 21.8. The first-order valence-electron chi connectivity index (χ1n) is 11.6. The summed E-state index contributed by atoms with van der Waals surface area (Å²) in [7, 11) is 0. The van der Waals surface area contributed by atoms with Crippen LogP contribution in [0.5, 0.6) is 0 Å². The molecule has 0 heteroatoms. The van der Waals surface area contributed by atoms with Crippen molar-refractivity contribution >= 4 is 11.6 Å². The molecule has 1 atom stereocenters. The van der Waals surface area contributed by atoms with Gasteiger partial charge in [0.05, 0.1) is 5.41 Å². The Bertz CT molecular complexity index is 1160. The third kappa shape index (κ3) is 3.22. The van der Waals surface area contributed by atoms with Crippen molar-refractivity contribution in [2.24, 2.45) is 0 Å². The summed E-state index contributed by atoms with van der Waals surface area (Å²) in [6.07, 6.45) is 11.3. The van der Waals surface area contributed by atoms with Gasteiger partial charge in [0.2, 0.25) is 0 Å². The van der Waals surface area contributed by atoms with Crippen LogP contribution in [0.15, 0.2) is 96.6 Å². The summed E-state index contributed by atoms with van der Waals surface area (Å²) < 4.78 is 0. The molecule has 0 aromatic heterocycles. The lowest BCUT2D eigenvalue weighted by molar-refractivity contribution is 0.695. The number of rotatable bonds is 3. The molecule has 5 rings (SSSR count). The minimum absolute atomic E-state index is 0.237. The van der Waals surface area contributed by atoms with Crippen LogP contribution in [0.3, 0.4) is 0 Å². The Hall–Kier alpha value is -3.12. The molecule has 0 aliphatic heterocycles. The lowest BCUT2D eigenvalue weighted by Gasteiger charge is -2.37. The molecule has 0 fully saturated rings. The normalized spacial score (nSPS) is 19.1. The average Bonchev–Trinajstić information content (AvgIpc) is 3.14. The van der Waals surface area contributed by atoms with E-state index < -0.39 is 0 Å². The highest BCUT2D eigenvalue weighted by atomic mass is 14.5. The lowest BCUT2D eigenvalue weighted by Crippen LogP contribution is -2.31. The SMILES string of the molecule is C/C=C\c1ccccc1C1(c2ccccc2)C2=C(C=CCC2)c2c(C)cccc21.CC. The monoisotopic (exact) mass is 404 g/mol. The molecule has 156 valence electrons. The molecule has 0 amide bonds. The van der Waals surface area contributed by atoms with Crippen molar-refractivity contribution in [1.82, 2.24) is 0 Å². The van der Waals surface area contributed by atoms with E-state index in [-0.39, 0.29) is 5.41 Å². The van der Waals surface area contributed by atoms with E-state index in [0.29, 0.717) is 0 Å². The van der Waals surface area contributed by atoms with Crippen LogP contribution in [0, 0.1) is 6.92 Å². The van der Waals surface area contributed by atoms with Crippen LogP contribution in [-0.4, -0.2) is 0 Å². The van der Waals surface area contributed by atoms with Crippen LogP contribution in [-0.2, 0) is 5.41 Å². The Morgan fingerprint density at radius 1 is 0.806 bits per heavy atom. The molecule has 2 aliphatic rings. The number of aryl methyl sites for hydroxylation is 1. The van der Waals surface area contributed by atoms with Crippen LogP contribution >= 0.6 is 0 Å². The highest BCUT2D eigenvalue weighted by molar-refractivity contribution is 5.92. The van der Waals surface area contributed by atoms with E-state index in [4.69, 9.17) is 0 Å². The Morgan fingerprint density at radius 2 is 1.52 bits per heavy atom. The summed E-state index contributed by atoms with van der Waals surface area (Å²) in [5.41, 5.74) is 11.0. The lowest BCUT2D eigenvalue weighted by atomic mass is 9.64. The molecule has 0 saturated heterocycles. The molecule has 3 aromatic rings. The quantitative estimate of drug-likeness (QED) is 0.410. The minimum atomic E-state index is -0.237. The van der Waals surface area contributed by atoms with Gasteiger partial charge in [-0.1, -0.05) is 111 Å². The van der Waals surface area contributed by atoms with E-state index in [1.807, 2.05) is 13.8 Å². The van der Waals surface area contributed by atoms with Crippen LogP contribution in [0.25, 0.3) is 11.6 Å². The van der Waals surface area contributed by atoms with Gasteiger partial charge >= 0.3 is 0 Å². The molecule has 0 saturated carbocycles. The van der Waals surface area contributed by atoms with E-state index in [9.17, 15) is 0 Å². The smallest absolute Gasteiger partial charge is 0.0682 e. The number of benzene rings is 3. The van der Waals surface area contributed by atoms with Crippen LogP contribution in [0.2, 0.25) is 0 Å². The fourth-order valence-electron chi connectivity index (χ4n) is 5.43. The summed E-state index contributed by atoms with van der Waals surface area (Å²) in [6.45, 7) is 8.36. The molecule has 0 bridgehead atoms. The second kappa shape index (κ2) is 8.94. The maximum absolute atomic E-state index is 2.37. The Labute approximate surface area is 187 Å². The van der Waals surface area contributed by atoms with Crippen molar-refractivity contribution in [3.8, 4) is 0 Å². The van der Waals surface area contributed by atoms with E-state index in [2.05, 4.69) is 111 Å². The van der Waals surface area contributed by atoms with Crippen LogP contribution < -0.4 is 0 Å². The number of allylic oxidation sites excluding steroid dienone is 5. The predicted octanol–water partition coefficient (Wildman–Crippen LogP) is 8.51. The summed E-state index contributed by atoms with van der Waals surface area (Å²) in [5.74, 6) is 0. The molecule has 31 heavy (non-hydrogen) atoms. The molecule has 0 spiro atoms.